The van der Waals surface area contributed by atoms with Crippen LogP contribution in [0.4, 0.5) is 11.4 Å². The molecule has 0 spiro atoms. The highest BCUT2D eigenvalue weighted by molar-refractivity contribution is 5.63. The van der Waals surface area contributed by atoms with Crippen LogP contribution in [0, 0.1) is 17.2 Å². The van der Waals surface area contributed by atoms with E-state index in [0.29, 0.717) is 23.2 Å². The molecular weight excluding hydrogens is 224 g/mol. The van der Waals surface area contributed by atoms with Crippen LogP contribution in [-0.4, -0.2) is 38.1 Å². The van der Waals surface area contributed by atoms with Crippen LogP contribution in [0.2, 0.25) is 0 Å². The molecule has 0 saturated carbocycles. The zero-order valence-electron chi connectivity index (χ0n) is 11.2. The van der Waals surface area contributed by atoms with Crippen molar-refractivity contribution in [3.63, 3.8) is 0 Å². The second kappa shape index (κ2) is 4.87. The summed E-state index contributed by atoms with van der Waals surface area (Å²) >= 11 is 0. The van der Waals surface area contributed by atoms with Crippen molar-refractivity contribution >= 4 is 11.4 Å². The molecule has 1 aromatic rings. The van der Waals surface area contributed by atoms with Gasteiger partial charge in [-0.3, -0.25) is 0 Å². The quantitative estimate of drug-likeness (QED) is 0.802. The predicted molar refractivity (Wildman–Crippen MR) is 74.4 cm³/mol. The van der Waals surface area contributed by atoms with E-state index in [0.717, 1.165) is 18.8 Å². The number of nitrogens with zero attached hydrogens (tertiary/aromatic N) is 3. The highest BCUT2D eigenvalue weighted by Gasteiger charge is 2.31. The summed E-state index contributed by atoms with van der Waals surface area (Å²) in [5, 5.41) is 9.02. The maximum absolute atomic E-state index is 9.02. The van der Waals surface area contributed by atoms with Crippen LogP contribution < -0.4 is 10.6 Å². The first kappa shape index (κ1) is 12.7. The Bertz CT molecular complexity index is 475. The van der Waals surface area contributed by atoms with Gasteiger partial charge in [0, 0.05) is 30.5 Å². The van der Waals surface area contributed by atoms with E-state index in [1.165, 1.54) is 0 Å². The van der Waals surface area contributed by atoms with Crippen LogP contribution in [0.5, 0.6) is 0 Å². The van der Waals surface area contributed by atoms with Crippen LogP contribution in [0.1, 0.15) is 12.5 Å². The fraction of sp³-hybridized carbons (Fsp3) is 0.500. The largest absolute Gasteiger partial charge is 0.398 e. The van der Waals surface area contributed by atoms with Gasteiger partial charge in [0.15, 0.2) is 0 Å². The maximum Gasteiger partial charge on any atom is 0.101 e. The van der Waals surface area contributed by atoms with Crippen LogP contribution in [-0.2, 0) is 0 Å². The van der Waals surface area contributed by atoms with E-state index in [1.54, 1.807) is 0 Å². The number of hydrogen-bond donors (Lipinski definition) is 1. The second-order valence-electron chi connectivity index (χ2n) is 5.30. The van der Waals surface area contributed by atoms with E-state index in [2.05, 4.69) is 36.9 Å². The molecular formula is C14H20N4. The molecule has 0 aliphatic carbocycles. The van der Waals surface area contributed by atoms with Crippen molar-refractivity contribution in [2.24, 2.45) is 5.92 Å². The minimum atomic E-state index is 0.553. The van der Waals surface area contributed by atoms with E-state index in [-0.39, 0.29) is 0 Å². The summed E-state index contributed by atoms with van der Waals surface area (Å²) in [5.41, 5.74) is 7.96. The van der Waals surface area contributed by atoms with Crippen LogP contribution in [0.25, 0.3) is 0 Å². The summed E-state index contributed by atoms with van der Waals surface area (Å²) in [6.45, 7) is 4.30. The molecule has 1 aliphatic heterocycles. The molecule has 0 bridgehead atoms. The van der Waals surface area contributed by atoms with Crippen molar-refractivity contribution in [3.05, 3.63) is 23.8 Å². The molecule has 0 aromatic heterocycles. The van der Waals surface area contributed by atoms with Gasteiger partial charge in [0.05, 0.1) is 5.56 Å². The van der Waals surface area contributed by atoms with E-state index in [4.69, 9.17) is 11.0 Å². The van der Waals surface area contributed by atoms with Gasteiger partial charge in [-0.05, 0) is 38.2 Å². The monoisotopic (exact) mass is 244 g/mol. The topological polar surface area (TPSA) is 56.3 Å². The Morgan fingerprint density at radius 1 is 1.39 bits per heavy atom. The molecule has 2 rings (SSSR count). The summed E-state index contributed by atoms with van der Waals surface area (Å²) < 4.78 is 0. The third kappa shape index (κ3) is 2.27. The summed E-state index contributed by atoms with van der Waals surface area (Å²) in [4.78, 5) is 4.60. The summed E-state index contributed by atoms with van der Waals surface area (Å²) in [7, 11) is 4.24. The maximum atomic E-state index is 9.02. The Balaban J connectivity index is 2.22. The number of hydrogen-bond acceptors (Lipinski definition) is 4. The Morgan fingerprint density at radius 3 is 2.67 bits per heavy atom. The lowest BCUT2D eigenvalue weighted by Gasteiger charge is -2.23. The Hall–Kier alpha value is -1.73. The molecule has 1 fully saturated rings. The molecule has 2 N–H and O–H groups in total. The lowest BCUT2D eigenvalue weighted by molar-refractivity contribution is 0.266. The summed E-state index contributed by atoms with van der Waals surface area (Å²) in [6.07, 6.45) is 0. The van der Waals surface area contributed by atoms with Crippen LogP contribution in [0.3, 0.4) is 0 Å². The van der Waals surface area contributed by atoms with Gasteiger partial charge in [0.2, 0.25) is 0 Å². The average molecular weight is 244 g/mol. The first-order valence-corrected chi connectivity index (χ1v) is 6.24. The minimum absolute atomic E-state index is 0.553. The SMILES string of the molecule is CC1CN(c2ccc(N)c(C#N)c2)CC1N(C)C. The van der Waals surface area contributed by atoms with E-state index >= 15 is 0 Å². The van der Waals surface area contributed by atoms with Crippen molar-refractivity contribution in [2.75, 3.05) is 37.8 Å². The van der Waals surface area contributed by atoms with Gasteiger partial charge in [-0.25, -0.2) is 0 Å². The third-order valence-electron chi connectivity index (χ3n) is 3.76. The molecule has 1 aromatic carbocycles. The number of nitriles is 1. The normalized spacial score (nSPS) is 23.4. The van der Waals surface area contributed by atoms with Gasteiger partial charge in [-0.2, -0.15) is 5.26 Å². The fourth-order valence-corrected chi connectivity index (χ4v) is 2.67. The zero-order valence-corrected chi connectivity index (χ0v) is 11.2. The molecule has 18 heavy (non-hydrogen) atoms. The molecule has 1 saturated heterocycles. The van der Waals surface area contributed by atoms with E-state index < -0.39 is 0 Å². The first-order chi connectivity index (χ1) is 8.52. The van der Waals surface area contributed by atoms with Crippen molar-refractivity contribution < 1.29 is 0 Å². The van der Waals surface area contributed by atoms with Crippen molar-refractivity contribution in [2.45, 2.75) is 13.0 Å². The lowest BCUT2D eigenvalue weighted by Crippen LogP contribution is -2.34. The molecule has 1 heterocycles. The Kier molecular flexibility index (Phi) is 3.44. The molecule has 2 unspecified atom stereocenters. The third-order valence-corrected chi connectivity index (χ3v) is 3.76. The predicted octanol–water partition coefficient (Wildman–Crippen LogP) is 1.53. The van der Waals surface area contributed by atoms with Crippen molar-refractivity contribution in [1.82, 2.24) is 4.90 Å². The van der Waals surface area contributed by atoms with Gasteiger partial charge < -0.3 is 15.5 Å². The lowest BCUT2D eigenvalue weighted by atomic mass is 10.1. The smallest absolute Gasteiger partial charge is 0.101 e. The van der Waals surface area contributed by atoms with Gasteiger partial charge in [0.25, 0.3) is 0 Å². The molecule has 0 radical (unpaired) electrons. The minimum Gasteiger partial charge on any atom is -0.398 e. The fourth-order valence-electron chi connectivity index (χ4n) is 2.67. The zero-order chi connectivity index (χ0) is 13.3. The number of nitrogens with two attached hydrogens (primary N) is 1. The molecule has 2 atom stereocenters. The second-order valence-corrected chi connectivity index (χ2v) is 5.30. The molecule has 0 amide bonds. The van der Waals surface area contributed by atoms with Crippen LogP contribution >= 0.6 is 0 Å². The van der Waals surface area contributed by atoms with Crippen LogP contribution in [0.15, 0.2) is 18.2 Å². The molecule has 96 valence electrons. The highest BCUT2D eigenvalue weighted by Crippen LogP contribution is 2.28. The number of benzene rings is 1. The molecule has 1 aliphatic rings. The highest BCUT2D eigenvalue weighted by atomic mass is 15.2. The van der Waals surface area contributed by atoms with Crippen molar-refractivity contribution in [3.8, 4) is 6.07 Å². The Morgan fingerprint density at radius 2 is 2.11 bits per heavy atom. The summed E-state index contributed by atoms with van der Waals surface area (Å²) in [5.74, 6) is 0.628. The number of anilines is 2. The average Bonchev–Trinajstić information content (AvgIpc) is 2.72. The van der Waals surface area contributed by atoms with Gasteiger partial charge in [0.1, 0.15) is 6.07 Å². The standard InChI is InChI=1S/C14H20N4/c1-10-8-18(9-14(10)17(2)3)12-4-5-13(16)11(6-12)7-15/h4-6,10,14H,8-9,16H2,1-3H3. The van der Waals surface area contributed by atoms with E-state index in [9.17, 15) is 0 Å². The summed E-state index contributed by atoms with van der Waals surface area (Å²) in [6, 6.07) is 8.42. The molecule has 4 heteroatoms. The first-order valence-electron chi connectivity index (χ1n) is 6.24. The van der Waals surface area contributed by atoms with Gasteiger partial charge in [-0.15, -0.1) is 0 Å². The number of rotatable bonds is 2. The van der Waals surface area contributed by atoms with Crippen molar-refractivity contribution in [1.29, 1.82) is 5.26 Å². The molecule has 4 nitrogen and oxygen atoms in total. The number of likely N-dealkylation sites (N-methyl/N-ethyl adjacent to an activating group) is 1. The van der Waals surface area contributed by atoms with Gasteiger partial charge in [-0.1, -0.05) is 6.92 Å². The Labute approximate surface area is 109 Å². The number of nitrogen functional groups attached to an aromatic ring is 1. The van der Waals surface area contributed by atoms with E-state index in [1.807, 2.05) is 18.2 Å². The van der Waals surface area contributed by atoms with Gasteiger partial charge >= 0.3 is 0 Å².